The van der Waals surface area contributed by atoms with Crippen molar-refractivity contribution < 1.29 is 38.1 Å². The standard InChI is InChI=1S/C23H23ClO8/c1-4-19(25)30-17-11-15(23(28)29-13-14-8-7-9-16(24)10-14)12-18(31-20(26)5-2)22(17)32-21(27)6-3/h7-12H,4-6,13H2,1-3H3. The van der Waals surface area contributed by atoms with Gasteiger partial charge in [-0.3, -0.25) is 14.4 Å². The van der Waals surface area contributed by atoms with Crippen LogP contribution in [0.25, 0.3) is 0 Å². The highest BCUT2D eigenvalue weighted by atomic mass is 35.5. The molecular formula is C23H23ClO8. The van der Waals surface area contributed by atoms with Crippen LogP contribution in [0.2, 0.25) is 5.02 Å². The Morgan fingerprint density at radius 3 is 1.81 bits per heavy atom. The molecule has 0 heterocycles. The first-order chi connectivity index (χ1) is 15.3. The quantitative estimate of drug-likeness (QED) is 0.392. The van der Waals surface area contributed by atoms with Crippen LogP contribution in [0.15, 0.2) is 36.4 Å². The smallest absolute Gasteiger partial charge is 0.338 e. The van der Waals surface area contributed by atoms with Crippen molar-refractivity contribution >= 4 is 35.5 Å². The van der Waals surface area contributed by atoms with E-state index in [4.69, 9.17) is 30.5 Å². The molecule has 0 N–H and O–H groups in total. The van der Waals surface area contributed by atoms with Crippen molar-refractivity contribution in [1.29, 1.82) is 0 Å². The lowest BCUT2D eigenvalue weighted by Gasteiger charge is -2.16. The van der Waals surface area contributed by atoms with Gasteiger partial charge in [0.1, 0.15) is 6.61 Å². The normalized spacial score (nSPS) is 10.2. The van der Waals surface area contributed by atoms with Crippen molar-refractivity contribution in [3.05, 3.63) is 52.5 Å². The van der Waals surface area contributed by atoms with Gasteiger partial charge in [-0.15, -0.1) is 0 Å². The highest BCUT2D eigenvalue weighted by Crippen LogP contribution is 2.40. The maximum Gasteiger partial charge on any atom is 0.338 e. The number of ether oxygens (including phenoxy) is 4. The van der Waals surface area contributed by atoms with Gasteiger partial charge in [-0.25, -0.2) is 4.79 Å². The number of rotatable bonds is 9. The van der Waals surface area contributed by atoms with Gasteiger partial charge in [0, 0.05) is 24.3 Å². The molecule has 2 aromatic carbocycles. The predicted octanol–water partition coefficient (Wildman–Crippen LogP) is 4.64. The van der Waals surface area contributed by atoms with Gasteiger partial charge < -0.3 is 18.9 Å². The number of benzene rings is 2. The van der Waals surface area contributed by atoms with Crippen LogP contribution in [-0.4, -0.2) is 23.9 Å². The molecule has 0 fully saturated rings. The molecule has 0 aromatic heterocycles. The van der Waals surface area contributed by atoms with Crippen molar-refractivity contribution in [1.82, 2.24) is 0 Å². The van der Waals surface area contributed by atoms with Crippen molar-refractivity contribution in [2.24, 2.45) is 0 Å². The van der Waals surface area contributed by atoms with Crippen LogP contribution in [0.4, 0.5) is 0 Å². The summed E-state index contributed by atoms with van der Waals surface area (Å²) in [6, 6.07) is 9.16. The molecule has 0 spiro atoms. The van der Waals surface area contributed by atoms with Crippen LogP contribution in [0.3, 0.4) is 0 Å². The third kappa shape index (κ3) is 7.09. The Balaban J connectivity index is 2.43. The number of halogens is 1. The predicted molar refractivity (Wildman–Crippen MR) is 115 cm³/mol. The molecule has 0 unspecified atom stereocenters. The largest absolute Gasteiger partial charge is 0.457 e. The molecule has 2 rings (SSSR count). The number of carbonyl (C=O) groups is 4. The van der Waals surface area contributed by atoms with Crippen molar-refractivity contribution in [2.75, 3.05) is 0 Å². The Bertz CT molecular complexity index is 976. The van der Waals surface area contributed by atoms with Crippen molar-refractivity contribution in [2.45, 2.75) is 46.6 Å². The Hall–Kier alpha value is -3.39. The fraction of sp³-hybridized carbons (Fsp3) is 0.304. The molecule has 2 aromatic rings. The van der Waals surface area contributed by atoms with E-state index in [0.717, 1.165) is 0 Å². The average Bonchev–Trinajstić information content (AvgIpc) is 2.78. The van der Waals surface area contributed by atoms with Gasteiger partial charge in [0.15, 0.2) is 11.5 Å². The summed E-state index contributed by atoms with van der Waals surface area (Å²) in [5, 5.41) is 0.489. The van der Waals surface area contributed by atoms with Gasteiger partial charge in [-0.1, -0.05) is 44.5 Å². The molecule has 0 radical (unpaired) electrons. The lowest BCUT2D eigenvalue weighted by Crippen LogP contribution is -2.15. The summed E-state index contributed by atoms with van der Waals surface area (Å²) < 4.78 is 21.0. The number of esters is 4. The minimum absolute atomic E-state index is 0.0196. The van der Waals surface area contributed by atoms with Crippen LogP contribution < -0.4 is 14.2 Å². The molecule has 0 saturated heterocycles. The summed E-state index contributed by atoms with van der Waals surface area (Å²) in [5.74, 6) is -3.46. The summed E-state index contributed by atoms with van der Waals surface area (Å²) >= 11 is 5.94. The van der Waals surface area contributed by atoms with Crippen LogP contribution in [-0.2, 0) is 25.7 Å². The maximum absolute atomic E-state index is 12.7. The molecular weight excluding hydrogens is 440 g/mol. The van der Waals surface area contributed by atoms with E-state index in [1.54, 1.807) is 45.0 Å². The van der Waals surface area contributed by atoms with Crippen LogP contribution >= 0.6 is 11.6 Å². The monoisotopic (exact) mass is 462 g/mol. The first kappa shape index (κ1) is 24.9. The molecule has 0 atom stereocenters. The second-order valence-electron chi connectivity index (χ2n) is 6.49. The Kier molecular flexibility index (Phi) is 9.22. The summed E-state index contributed by atoms with van der Waals surface area (Å²) in [4.78, 5) is 48.4. The van der Waals surface area contributed by atoms with Gasteiger partial charge in [0.25, 0.3) is 0 Å². The minimum Gasteiger partial charge on any atom is -0.457 e. The lowest BCUT2D eigenvalue weighted by molar-refractivity contribution is -0.137. The molecule has 170 valence electrons. The Labute approximate surface area is 190 Å². The van der Waals surface area contributed by atoms with E-state index in [1.807, 2.05) is 0 Å². The number of carbonyl (C=O) groups excluding carboxylic acids is 4. The molecule has 9 heteroatoms. The van der Waals surface area contributed by atoms with Crippen LogP contribution in [0.1, 0.15) is 56.0 Å². The summed E-state index contributed by atoms with van der Waals surface area (Å²) in [6.07, 6.45) is 0.0646. The number of hydrogen-bond donors (Lipinski definition) is 0. The van der Waals surface area contributed by atoms with Crippen LogP contribution in [0, 0.1) is 0 Å². The third-order valence-electron chi connectivity index (χ3n) is 4.04. The molecule has 0 saturated carbocycles. The third-order valence-corrected chi connectivity index (χ3v) is 4.28. The van der Waals surface area contributed by atoms with E-state index in [-0.39, 0.29) is 48.7 Å². The maximum atomic E-state index is 12.7. The van der Waals surface area contributed by atoms with Gasteiger partial charge in [-0.2, -0.15) is 0 Å². The van der Waals surface area contributed by atoms with E-state index < -0.39 is 23.9 Å². The van der Waals surface area contributed by atoms with Gasteiger partial charge in [-0.05, 0) is 29.8 Å². The zero-order valence-corrected chi connectivity index (χ0v) is 18.7. The fourth-order valence-corrected chi connectivity index (χ4v) is 2.59. The molecule has 8 nitrogen and oxygen atoms in total. The zero-order valence-electron chi connectivity index (χ0n) is 17.9. The van der Waals surface area contributed by atoms with Crippen molar-refractivity contribution in [3.8, 4) is 17.2 Å². The highest BCUT2D eigenvalue weighted by molar-refractivity contribution is 6.30. The van der Waals surface area contributed by atoms with E-state index in [0.29, 0.717) is 10.6 Å². The van der Waals surface area contributed by atoms with Crippen LogP contribution in [0.5, 0.6) is 17.2 Å². The average molecular weight is 463 g/mol. The van der Waals surface area contributed by atoms with E-state index in [2.05, 4.69) is 0 Å². The molecule has 0 aliphatic rings. The Morgan fingerprint density at radius 2 is 1.31 bits per heavy atom. The second kappa shape index (κ2) is 11.9. The molecule has 0 amide bonds. The summed E-state index contributed by atoms with van der Waals surface area (Å²) in [6.45, 7) is 4.64. The van der Waals surface area contributed by atoms with Gasteiger partial charge >= 0.3 is 23.9 Å². The van der Waals surface area contributed by atoms with E-state index in [9.17, 15) is 19.2 Å². The Morgan fingerprint density at radius 1 is 0.781 bits per heavy atom. The molecule has 0 aliphatic carbocycles. The lowest BCUT2D eigenvalue weighted by atomic mass is 10.1. The first-order valence-electron chi connectivity index (χ1n) is 9.98. The SMILES string of the molecule is CCC(=O)Oc1cc(C(=O)OCc2cccc(Cl)c2)cc(OC(=O)CC)c1OC(=O)CC. The summed E-state index contributed by atoms with van der Waals surface area (Å²) in [5.41, 5.74) is 0.593. The molecule has 0 bridgehead atoms. The number of hydrogen-bond acceptors (Lipinski definition) is 8. The van der Waals surface area contributed by atoms with E-state index >= 15 is 0 Å². The van der Waals surface area contributed by atoms with E-state index in [1.165, 1.54) is 12.1 Å². The molecule has 0 aliphatic heterocycles. The zero-order chi connectivity index (χ0) is 23.7. The second-order valence-corrected chi connectivity index (χ2v) is 6.93. The first-order valence-corrected chi connectivity index (χ1v) is 10.4. The van der Waals surface area contributed by atoms with Gasteiger partial charge in [0.05, 0.1) is 5.56 Å². The fourth-order valence-electron chi connectivity index (χ4n) is 2.38. The molecule has 32 heavy (non-hydrogen) atoms. The topological polar surface area (TPSA) is 105 Å². The van der Waals surface area contributed by atoms with Crippen molar-refractivity contribution in [3.63, 3.8) is 0 Å². The summed E-state index contributed by atoms with van der Waals surface area (Å²) in [7, 11) is 0. The van der Waals surface area contributed by atoms with Gasteiger partial charge in [0.2, 0.25) is 5.75 Å². The minimum atomic E-state index is -0.777. The highest BCUT2D eigenvalue weighted by Gasteiger charge is 2.24.